The van der Waals surface area contributed by atoms with Crippen LogP contribution in [0.4, 0.5) is 0 Å². The molecule has 0 saturated carbocycles. The van der Waals surface area contributed by atoms with E-state index in [1.54, 1.807) is 12.1 Å². The van der Waals surface area contributed by atoms with Gasteiger partial charge in [0.2, 0.25) is 0 Å². The van der Waals surface area contributed by atoms with Gasteiger partial charge in [0.15, 0.2) is 0 Å². The monoisotopic (exact) mass is 253 g/mol. The maximum absolute atomic E-state index is 9.87. The van der Waals surface area contributed by atoms with Gasteiger partial charge in [-0.1, -0.05) is 6.07 Å². The van der Waals surface area contributed by atoms with E-state index >= 15 is 0 Å². The first-order valence-electron chi connectivity index (χ1n) is 5.19. The molecule has 0 saturated heterocycles. The van der Waals surface area contributed by atoms with Crippen LogP contribution in [-0.2, 0) is 0 Å². The molecule has 2 atom stereocenters. The fourth-order valence-electron chi connectivity index (χ4n) is 1.51. The summed E-state index contributed by atoms with van der Waals surface area (Å²) in [5.74, 6) is 0.937. The van der Waals surface area contributed by atoms with Crippen molar-refractivity contribution in [2.45, 2.75) is 18.6 Å². The highest BCUT2D eigenvalue weighted by Crippen LogP contribution is 2.25. The zero-order chi connectivity index (χ0) is 12.8. The molecule has 0 radical (unpaired) electrons. The van der Waals surface area contributed by atoms with Gasteiger partial charge in [0.05, 0.1) is 18.8 Å². The lowest BCUT2D eigenvalue weighted by atomic mass is 10.0. The van der Waals surface area contributed by atoms with Gasteiger partial charge in [-0.2, -0.15) is 17.9 Å². The van der Waals surface area contributed by atoms with Crippen molar-refractivity contribution in [3.05, 3.63) is 29.3 Å². The molecule has 0 aliphatic heterocycles. The summed E-state index contributed by atoms with van der Waals surface area (Å²) < 4.78 is 5.00. The van der Waals surface area contributed by atoms with Crippen molar-refractivity contribution >= 4 is 12.6 Å². The van der Waals surface area contributed by atoms with Crippen molar-refractivity contribution in [1.29, 1.82) is 5.26 Å². The van der Waals surface area contributed by atoms with Crippen LogP contribution >= 0.6 is 12.6 Å². The van der Waals surface area contributed by atoms with Crippen LogP contribution in [0, 0.1) is 11.3 Å². The first-order chi connectivity index (χ1) is 8.13. The second kappa shape index (κ2) is 6.50. The third-order valence-electron chi connectivity index (χ3n) is 2.47. The van der Waals surface area contributed by atoms with Gasteiger partial charge in [0.25, 0.3) is 0 Å². The van der Waals surface area contributed by atoms with E-state index in [1.165, 1.54) is 13.2 Å². The molecule has 0 aliphatic rings. The van der Waals surface area contributed by atoms with Crippen LogP contribution in [-0.4, -0.2) is 29.2 Å². The number of hydrogen-bond acceptors (Lipinski definition) is 5. The average molecular weight is 253 g/mol. The molecule has 2 unspecified atom stereocenters. The Balaban J connectivity index is 2.96. The zero-order valence-corrected chi connectivity index (χ0v) is 10.4. The van der Waals surface area contributed by atoms with Gasteiger partial charge in [-0.15, -0.1) is 0 Å². The number of nitrogens with zero attached hydrogens (tertiary/aromatic N) is 1. The number of benzene rings is 1. The van der Waals surface area contributed by atoms with Gasteiger partial charge in [-0.3, -0.25) is 0 Å². The summed E-state index contributed by atoms with van der Waals surface area (Å²) in [4.78, 5) is 0. The molecular weight excluding hydrogens is 238 g/mol. The Kier molecular flexibility index (Phi) is 5.29. The Hall–Kier alpha value is -1.22. The molecule has 0 spiro atoms. The lowest BCUT2D eigenvalue weighted by Gasteiger charge is -2.18. The summed E-state index contributed by atoms with van der Waals surface area (Å²) >= 11 is 3.99. The van der Waals surface area contributed by atoms with Gasteiger partial charge >= 0.3 is 0 Å². The van der Waals surface area contributed by atoms with Crippen LogP contribution in [0.25, 0.3) is 0 Å². The highest BCUT2D eigenvalue weighted by Gasteiger charge is 2.18. The van der Waals surface area contributed by atoms with Crippen molar-refractivity contribution in [2.24, 2.45) is 0 Å². The van der Waals surface area contributed by atoms with E-state index in [0.29, 0.717) is 29.1 Å². The summed E-state index contributed by atoms with van der Waals surface area (Å²) in [6, 6.07) is 6.73. The number of hydrogen-bond donors (Lipinski definition) is 3. The second-order valence-corrected chi connectivity index (χ2v) is 4.04. The second-order valence-electron chi connectivity index (χ2n) is 3.60. The molecule has 0 amide bonds. The van der Waals surface area contributed by atoms with Crippen LogP contribution in [0.1, 0.15) is 23.7 Å². The Labute approximate surface area is 106 Å². The summed E-state index contributed by atoms with van der Waals surface area (Å²) in [5, 5.41) is 28.4. The normalized spacial score (nSPS) is 13.8. The molecule has 2 N–H and O–H groups in total. The summed E-state index contributed by atoms with van der Waals surface area (Å²) in [7, 11) is 1.47. The third-order valence-corrected chi connectivity index (χ3v) is 2.73. The van der Waals surface area contributed by atoms with E-state index in [0.717, 1.165) is 0 Å². The molecule has 0 heterocycles. The average Bonchev–Trinajstić information content (AvgIpc) is 2.37. The number of methoxy groups -OCH3 is 1. The third kappa shape index (κ3) is 3.37. The van der Waals surface area contributed by atoms with E-state index < -0.39 is 12.2 Å². The lowest BCUT2D eigenvalue weighted by Crippen LogP contribution is -2.18. The van der Waals surface area contributed by atoms with Crippen LogP contribution < -0.4 is 4.74 Å². The molecule has 4 nitrogen and oxygen atoms in total. The summed E-state index contributed by atoms with van der Waals surface area (Å²) in [5.41, 5.74) is 0.832. The molecule has 17 heavy (non-hydrogen) atoms. The highest BCUT2D eigenvalue weighted by atomic mass is 32.1. The van der Waals surface area contributed by atoms with E-state index in [9.17, 15) is 10.2 Å². The molecule has 0 aliphatic carbocycles. The molecular formula is C12H15NO3S. The van der Waals surface area contributed by atoms with E-state index in [1.807, 2.05) is 6.07 Å². The van der Waals surface area contributed by atoms with Gasteiger partial charge < -0.3 is 14.9 Å². The minimum Gasteiger partial charge on any atom is -0.495 e. The predicted octanol–water partition coefficient (Wildman–Crippen LogP) is 1.28. The first-order valence-corrected chi connectivity index (χ1v) is 5.82. The molecule has 1 rings (SSSR count). The number of aliphatic hydroxyl groups is 2. The van der Waals surface area contributed by atoms with Crippen molar-refractivity contribution in [2.75, 3.05) is 12.9 Å². The van der Waals surface area contributed by atoms with E-state index in [2.05, 4.69) is 12.6 Å². The first kappa shape index (κ1) is 13.8. The maximum atomic E-state index is 9.87. The minimum absolute atomic E-state index is 0.335. The Bertz CT molecular complexity index is 417. The molecule has 0 fully saturated rings. The fourth-order valence-corrected chi connectivity index (χ4v) is 1.77. The van der Waals surface area contributed by atoms with Crippen LogP contribution in [0.3, 0.4) is 0 Å². The van der Waals surface area contributed by atoms with Crippen molar-refractivity contribution in [3.63, 3.8) is 0 Å². The molecule has 92 valence electrons. The molecule has 5 heteroatoms. The van der Waals surface area contributed by atoms with Crippen molar-refractivity contribution in [1.82, 2.24) is 0 Å². The summed E-state index contributed by atoms with van der Waals surface area (Å²) in [6.45, 7) is 0. The van der Waals surface area contributed by atoms with Gasteiger partial charge in [0.1, 0.15) is 17.9 Å². The number of rotatable bonds is 5. The Morgan fingerprint density at radius 2 is 2.18 bits per heavy atom. The molecule has 1 aromatic carbocycles. The molecule has 0 aromatic heterocycles. The highest BCUT2D eigenvalue weighted by molar-refractivity contribution is 7.80. The minimum atomic E-state index is -1.01. The van der Waals surface area contributed by atoms with E-state index in [-0.39, 0.29) is 0 Å². The predicted molar refractivity (Wildman–Crippen MR) is 67.1 cm³/mol. The fraction of sp³-hybridized carbons (Fsp3) is 0.417. The van der Waals surface area contributed by atoms with E-state index in [4.69, 9.17) is 10.00 Å². The van der Waals surface area contributed by atoms with Crippen LogP contribution in [0.15, 0.2) is 18.2 Å². The van der Waals surface area contributed by atoms with Crippen LogP contribution in [0.5, 0.6) is 5.75 Å². The van der Waals surface area contributed by atoms with Gasteiger partial charge in [-0.25, -0.2) is 0 Å². The molecule has 1 aromatic rings. The largest absolute Gasteiger partial charge is 0.495 e. The van der Waals surface area contributed by atoms with Crippen molar-refractivity contribution < 1.29 is 14.9 Å². The van der Waals surface area contributed by atoms with Crippen molar-refractivity contribution in [3.8, 4) is 11.8 Å². The standard InChI is InChI=1S/C12H15NO3S/c1-16-11-3-2-8(6-9(11)7-13)12(15)10(14)4-5-17/h2-3,6,10,12,14-15,17H,4-5H2,1H3. The Morgan fingerprint density at radius 1 is 1.47 bits per heavy atom. The SMILES string of the molecule is COc1ccc(C(O)C(O)CCS)cc1C#N. The number of nitriles is 1. The maximum Gasteiger partial charge on any atom is 0.136 e. The lowest BCUT2D eigenvalue weighted by molar-refractivity contribution is 0.0172. The molecule has 0 bridgehead atoms. The number of ether oxygens (including phenoxy) is 1. The van der Waals surface area contributed by atoms with Gasteiger partial charge in [-0.05, 0) is 29.9 Å². The smallest absolute Gasteiger partial charge is 0.136 e. The number of aliphatic hydroxyl groups excluding tert-OH is 2. The van der Waals surface area contributed by atoms with Crippen LogP contribution in [0.2, 0.25) is 0 Å². The topological polar surface area (TPSA) is 73.5 Å². The zero-order valence-electron chi connectivity index (χ0n) is 9.50. The quantitative estimate of drug-likeness (QED) is 0.691. The Morgan fingerprint density at radius 3 is 2.71 bits per heavy atom. The van der Waals surface area contributed by atoms with Gasteiger partial charge in [0, 0.05) is 0 Å². The summed E-state index contributed by atoms with van der Waals surface area (Å²) in [6.07, 6.45) is -1.51. The number of thiol groups is 1.